The van der Waals surface area contributed by atoms with Gasteiger partial charge in [0.05, 0.1) is 11.9 Å². The van der Waals surface area contributed by atoms with Crippen LogP contribution in [-0.2, 0) is 9.59 Å². The Hall–Kier alpha value is -1.45. The summed E-state index contributed by atoms with van der Waals surface area (Å²) in [6.45, 7) is 0. The highest BCUT2D eigenvalue weighted by molar-refractivity contribution is 6.04. The zero-order valence-electron chi connectivity index (χ0n) is 4.98. The Bertz CT molecular complexity index is 229. The molecule has 4 nitrogen and oxygen atoms in total. The predicted octanol–water partition coefficient (Wildman–Crippen LogP) is -1.48. The van der Waals surface area contributed by atoms with Crippen molar-refractivity contribution in [3.63, 3.8) is 0 Å². The third-order valence-corrected chi connectivity index (χ3v) is 1.11. The van der Waals surface area contributed by atoms with E-state index in [2.05, 4.69) is 4.99 Å². The van der Waals surface area contributed by atoms with Gasteiger partial charge in [0.25, 0.3) is 5.91 Å². The van der Waals surface area contributed by atoms with Gasteiger partial charge in [-0.05, 0) is 6.08 Å². The molecule has 0 radical (unpaired) electrons. The van der Waals surface area contributed by atoms with E-state index in [-0.39, 0.29) is 0 Å². The summed E-state index contributed by atoms with van der Waals surface area (Å²) in [5.74, 6) is -3.27. The summed E-state index contributed by atoms with van der Waals surface area (Å²) in [6.07, 6.45) is 3.90. The molecule has 1 unspecified atom stereocenters. The Morgan fingerprint density at radius 3 is 2.80 bits per heavy atom. The zero-order chi connectivity index (χ0) is 7.56. The molecule has 0 fully saturated rings. The first kappa shape index (κ1) is 6.67. The molecule has 1 aliphatic heterocycles. The van der Waals surface area contributed by atoms with Gasteiger partial charge in [0, 0.05) is 6.21 Å². The van der Waals surface area contributed by atoms with Crippen LogP contribution >= 0.6 is 0 Å². The number of aliphatic imine (C=N–C) groups is 1. The largest absolute Gasteiger partial charge is 0.549 e. The molecule has 0 aromatic heterocycles. The molecule has 0 saturated heterocycles. The number of dihydropyridines is 1. The van der Waals surface area contributed by atoms with Crippen LogP contribution in [0.25, 0.3) is 0 Å². The minimum absolute atomic E-state index is 0.678. The van der Waals surface area contributed by atoms with Crippen molar-refractivity contribution in [1.29, 1.82) is 0 Å². The quantitative estimate of drug-likeness (QED) is 0.415. The van der Waals surface area contributed by atoms with E-state index < -0.39 is 17.8 Å². The molecular formula is C6H4NO3-. The van der Waals surface area contributed by atoms with E-state index in [1.807, 2.05) is 0 Å². The second-order valence-corrected chi connectivity index (χ2v) is 1.80. The lowest BCUT2D eigenvalue weighted by Crippen LogP contribution is -2.35. The van der Waals surface area contributed by atoms with E-state index in [4.69, 9.17) is 0 Å². The van der Waals surface area contributed by atoms with Gasteiger partial charge in [-0.2, -0.15) is 0 Å². The highest BCUT2D eigenvalue weighted by atomic mass is 16.4. The molecule has 0 aromatic carbocycles. The fourth-order valence-electron chi connectivity index (χ4n) is 0.619. The van der Waals surface area contributed by atoms with Crippen molar-refractivity contribution < 1.29 is 14.7 Å². The molecule has 1 rings (SSSR count). The van der Waals surface area contributed by atoms with E-state index in [0.717, 1.165) is 0 Å². The number of nitrogens with zero attached hydrogens (tertiary/aromatic N) is 1. The van der Waals surface area contributed by atoms with Gasteiger partial charge in [-0.1, -0.05) is 6.08 Å². The van der Waals surface area contributed by atoms with Gasteiger partial charge in [0.1, 0.15) is 0 Å². The molecule has 1 aliphatic rings. The molecule has 1 amide bonds. The summed E-state index contributed by atoms with van der Waals surface area (Å²) in [5.41, 5.74) is 0. The summed E-state index contributed by atoms with van der Waals surface area (Å²) in [5, 5.41) is 10.1. The fraction of sp³-hybridized carbons (Fsp3) is 0.167. The Labute approximate surface area is 56.9 Å². The second kappa shape index (κ2) is 2.43. The van der Waals surface area contributed by atoms with E-state index in [0.29, 0.717) is 0 Å². The number of hydrogen-bond donors (Lipinski definition) is 0. The van der Waals surface area contributed by atoms with Crippen LogP contribution in [-0.4, -0.2) is 18.1 Å². The number of allylic oxidation sites excluding steroid dienone is 1. The standard InChI is InChI=1S/C6H5NO3/c8-5-4(6(9)10)2-1-3-7-5/h1-4H,(H,9,10)/p-1. The van der Waals surface area contributed by atoms with Crippen molar-refractivity contribution in [3.05, 3.63) is 12.2 Å². The number of aliphatic carboxylic acids is 1. The second-order valence-electron chi connectivity index (χ2n) is 1.80. The summed E-state index contributed by atoms with van der Waals surface area (Å²) in [7, 11) is 0. The predicted molar refractivity (Wildman–Crippen MR) is 31.1 cm³/mol. The van der Waals surface area contributed by atoms with Crippen molar-refractivity contribution >= 4 is 18.1 Å². The first-order valence-electron chi connectivity index (χ1n) is 2.67. The molecule has 0 saturated carbocycles. The number of amides is 1. The average molecular weight is 138 g/mol. The van der Waals surface area contributed by atoms with Crippen LogP contribution in [0.4, 0.5) is 0 Å². The summed E-state index contributed by atoms with van der Waals surface area (Å²) in [4.78, 5) is 23.9. The molecule has 1 atom stereocenters. The van der Waals surface area contributed by atoms with E-state index in [9.17, 15) is 14.7 Å². The normalized spacial score (nSPS) is 23.2. The van der Waals surface area contributed by atoms with E-state index in [1.165, 1.54) is 18.4 Å². The van der Waals surface area contributed by atoms with Crippen LogP contribution in [0.15, 0.2) is 17.1 Å². The van der Waals surface area contributed by atoms with Crippen LogP contribution in [0, 0.1) is 5.92 Å². The van der Waals surface area contributed by atoms with Gasteiger partial charge in [0.15, 0.2) is 0 Å². The lowest BCUT2D eigenvalue weighted by Gasteiger charge is -2.10. The monoisotopic (exact) mass is 138 g/mol. The lowest BCUT2D eigenvalue weighted by atomic mass is 10.1. The topological polar surface area (TPSA) is 69.6 Å². The van der Waals surface area contributed by atoms with Crippen molar-refractivity contribution in [1.82, 2.24) is 0 Å². The van der Waals surface area contributed by atoms with Crippen LogP contribution in [0.3, 0.4) is 0 Å². The maximum atomic E-state index is 10.6. The van der Waals surface area contributed by atoms with Crippen LogP contribution in [0.1, 0.15) is 0 Å². The smallest absolute Gasteiger partial charge is 0.258 e. The van der Waals surface area contributed by atoms with Gasteiger partial charge in [0.2, 0.25) is 0 Å². The van der Waals surface area contributed by atoms with Gasteiger partial charge >= 0.3 is 0 Å². The highest BCUT2D eigenvalue weighted by Crippen LogP contribution is 2.03. The zero-order valence-corrected chi connectivity index (χ0v) is 4.98. The highest BCUT2D eigenvalue weighted by Gasteiger charge is 2.16. The molecule has 0 N–H and O–H groups in total. The lowest BCUT2D eigenvalue weighted by molar-refractivity contribution is -0.308. The van der Waals surface area contributed by atoms with Crippen molar-refractivity contribution in [2.45, 2.75) is 0 Å². The maximum Gasteiger partial charge on any atom is 0.258 e. The van der Waals surface area contributed by atoms with Crippen molar-refractivity contribution in [2.24, 2.45) is 10.9 Å². The molecule has 10 heavy (non-hydrogen) atoms. The molecule has 4 heteroatoms. The number of hydrogen-bond acceptors (Lipinski definition) is 3. The van der Waals surface area contributed by atoms with Gasteiger partial charge in [-0.3, -0.25) is 4.79 Å². The molecule has 0 bridgehead atoms. The number of carboxylic acids is 1. The van der Waals surface area contributed by atoms with Gasteiger partial charge < -0.3 is 9.90 Å². The fourth-order valence-corrected chi connectivity index (χ4v) is 0.619. The Morgan fingerprint density at radius 2 is 2.40 bits per heavy atom. The molecule has 0 aromatic rings. The van der Waals surface area contributed by atoms with Crippen molar-refractivity contribution in [2.75, 3.05) is 0 Å². The number of carboxylic acid groups (broad SMARTS) is 1. The molecule has 0 aliphatic carbocycles. The first-order valence-corrected chi connectivity index (χ1v) is 2.67. The third kappa shape index (κ3) is 1.10. The number of carbonyl (C=O) groups is 2. The SMILES string of the molecule is O=C([O-])C1C=CC=NC1=O. The minimum atomic E-state index is -1.40. The summed E-state index contributed by atoms with van der Waals surface area (Å²) < 4.78 is 0. The maximum absolute atomic E-state index is 10.6. The third-order valence-electron chi connectivity index (χ3n) is 1.11. The Morgan fingerprint density at radius 1 is 1.70 bits per heavy atom. The Balaban J connectivity index is 2.80. The van der Waals surface area contributed by atoms with Gasteiger partial charge in [-0.15, -0.1) is 0 Å². The molecule has 0 spiro atoms. The van der Waals surface area contributed by atoms with Crippen LogP contribution in [0.2, 0.25) is 0 Å². The number of carbonyl (C=O) groups excluding carboxylic acids is 2. The Kier molecular flexibility index (Phi) is 1.62. The van der Waals surface area contributed by atoms with Crippen LogP contribution in [0.5, 0.6) is 0 Å². The van der Waals surface area contributed by atoms with Crippen LogP contribution < -0.4 is 5.11 Å². The molecule has 1 heterocycles. The minimum Gasteiger partial charge on any atom is -0.549 e. The molecular weight excluding hydrogens is 134 g/mol. The van der Waals surface area contributed by atoms with E-state index >= 15 is 0 Å². The summed E-state index contributed by atoms with van der Waals surface area (Å²) >= 11 is 0. The average Bonchev–Trinajstić information content (AvgIpc) is 1.88. The molecule has 52 valence electrons. The first-order chi connectivity index (χ1) is 4.72. The van der Waals surface area contributed by atoms with E-state index in [1.54, 1.807) is 0 Å². The van der Waals surface area contributed by atoms with Gasteiger partial charge in [-0.25, -0.2) is 4.99 Å². The van der Waals surface area contributed by atoms with Crippen molar-refractivity contribution in [3.8, 4) is 0 Å². The summed E-state index contributed by atoms with van der Waals surface area (Å²) in [6, 6.07) is 0. The number of rotatable bonds is 1.